The Morgan fingerprint density at radius 2 is 2.26 bits per heavy atom. The van der Waals surface area contributed by atoms with Crippen LogP contribution in [-0.4, -0.2) is 13.2 Å². The zero-order chi connectivity index (χ0) is 13.2. The van der Waals surface area contributed by atoms with Gasteiger partial charge in [-0.2, -0.15) is 0 Å². The van der Waals surface area contributed by atoms with Crippen LogP contribution in [0.5, 0.6) is 5.75 Å². The Balaban J connectivity index is 1.74. The minimum atomic E-state index is 0.634. The van der Waals surface area contributed by atoms with Crippen molar-refractivity contribution in [2.75, 3.05) is 7.11 Å². The predicted octanol–water partition coefficient (Wildman–Crippen LogP) is 3.72. The highest BCUT2D eigenvalue weighted by Gasteiger charge is 2.22. The van der Waals surface area contributed by atoms with Crippen LogP contribution in [0.4, 0.5) is 0 Å². The van der Waals surface area contributed by atoms with Crippen LogP contribution in [0.1, 0.15) is 31.9 Å². The number of nitrogens with one attached hydrogen (secondary N) is 1. The smallest absolute Gasteiger partial charge is 0.176 e. The molecule has 3 rings (SSSR count). The van der Waals surface area contributed by atoms with E-state index >= 15 is 0 Å². The minimum Gasteiger partial charge on any atom is -0.493 e. The van der Waals surface area contributed by atoms with E-state index in [9.17, 15) is 0 Å². The molecule has 0 saturated heterocycles. The van der Waals surface area contributed by atoms with Gasteiger partial charge < -0.3 is 14.5 Å². The van der Waals surface area contributed by atoms with Gasteiger partial charge in [-0.15, -0.1) is 0 Å². The standard InChI is InChI=1S/C16H21NO2/c1-11-5-3-7-14(11)17-10-13-9-12-6-4-8-15(18-2)16(12)19-13/h4,6,8-9,11,14,17H,3,5,7,10H2,1-2H3. The molecule has 3 heteroatoms. The number of methoxy groups -OCH3 is 1. The van der Waals surface area contributed by atoms with E-state index in [0.29, 0.717) is 6.04 Å². The number of fused-ring (bicyclic) bond motifs is 1. The molecule has 0 bridgehead atoms. The van der Waals surface area contributed by atoms with Crippen LogP contribution in [0.25, 0.3) is 11.0 Å². The van der Waals surface area contributed by atoms with Crippen molar-refractivity contribution in [1.29, 1.82) is 0 Å². The number of para-hydroxylation sites is 1. The highest BCUT2D eigenvalue weighted by Crippen LogP contribution is 2.29. The summed E-state index contributed by atoms with van der Waals surface area (Å²) < 4.78 is 11.2. The normalized spacial score (nSPS) is 23.1. The monoisotopic (exact) mass is 259 g/mol. The van der Waals surface area contributed by atoms with Crippen molar-refractivity contribution < 1.29 is 9.15 Å². The first-order valence-corrected chi connectivity index (χ1v) is 7.06. The van der Waals surface area contributed by atoms with Gasteiger partial charge in [0.15, 0.2) is 11.3 Å². The molecule has 0 amide bonds. The molecule has 1 N–H and O–H groups in total. The number of benzene rings is 1. The second-order valence-electron chi connectivity index (χ2n) is 5.49. The summed E-state index contributed by atoms with van der Waals surface area (Å²) in [7, 11) is 1.68. The molecule has 102 valence electrons. The van der Waals surface area contributed by atoms with Crippen LogP contribution in [0.2, 0.25) is 0 Å². The lowest BCUT2D eigenvalue weighted by Crippen LogP contribution is -2.30. The lowest BCUT2D eigenvalue weighted by atomic mass is 10.1. The van der Waals surface area contributed by atoms with Crippen molar-refractivity contribution in [3.05, 3.63) is 30.0 Å². The molecule has 0 spiro atoms. The molecule has 1 aromatic heterocycles. The largest absolute Gasteiger partial charge is 0.493 e. The maximum atomic E-state index is 5.90. The summed E-state index contributed by atoms with van der Waals surface area (Å²) in [5, 5.41) is 4.72. The Hall–Kier alpha value is -1.48. The van der Waals surface area contributed by atoms with Crippen molar-refractivity contribution in [2.45, 2.75) is 38.8 Å². The number of hydrogen-bond donors (Lipinski definition) is 1. The molecule has 0 aliphatic heterocycles. The van der Waals surface area contributed by atoms with E-state index in [1.165, 1.54) is 19.3 Å². The fourth-order valence-electron chi connectivity index (χ4n) is 3.02. The Labute approximate surface area is 113 Å². The first-order chi connectivity index (χ1) is 9.28. The number of ether oxygens (including phenoxy) is 1. The molecule has 2 aromatic rings. The summed E-state index contributed by atoms with van der Waals surface area (Å²) >= 11 is 0. The minimum absolute atomic E-state index is 0.634. The van der Waals surface area contributed by atoms with E-state index in [1.54, 1.807) is 7.11 Å². The van der Waals surface area contributed by atoms with E-state index in [2.05, 4.69) is 24.4 Å². The Morgan fingerprint density at radius 3 is 3.00 bits per heavy atom. The number of furan rings is 1. The summed E-state index contributed by atoms with van der Waals surface area (Å²) in [4.78, 5) is 0. The molecule has 2 unspecified atom stereocenters. The van der Waals surface area contributed by atoms with Gasteiger partial charge in [0.2, 0.25) is 0 Å². The third-order valence-electron chi connectivity index (χ3n) is 4.18. The molecule has 19 heavy (non-hydrogen) atoms. The van der Waals surface area contributed by atoms with E-state index in [0.717, 1.165) is 34.9 Å². The van der Waals surface area contributed by atoms with Gasteiger partial charge in [0.05, 0.1) is 13.7 Å². The maximum Gasteiger partial charge on any atom is 0.176 e. The predicted molar refractivity (Wildman–Crippen MR) is 76.4 cm³/mol. The maximum absolute atomic E-state index is 5.90. The van der Waals surface area contributed by atoms with Gasteiger partial charge in [0, 0.05) is 11.4 Å². The quantitative estimate of drug-likeness (QED) is 0.908. The van der Waals surface area contributed by atoms with Gasteiger partial charge in [-0.25, -0.2) is 0 Å². The summed E-state index contributed by atoms with van der Waals surface area (Å²) in [5.41, 5.74) is 0.848. The third-order valence-corrected chi connectivity index (χ3v) is 4.18. The molecular formula is C16H21NO2. The van der Waals surface area contributed by atoms with Gasteiger partial charge in [-0.3, -0.25) is 0 Å². The van der Waals surface area contributed by atoms with Crippen LogP contribution in [0.3, 0.4) is 0 Å². The van der Waals surface area contributed by atoms with Gasteiger partial charge in [0.1, 0.15) is 5.76 Å². The van der Waals surface area contributed by atoms with E-state index in [-0.39, 0.29) is 0 Å². The first-order valence-electron chi connectivity index (χ1n) is 7.06. The van der Waals surface area contributed by atoms with Crippen LogP contribution < -0.4 is 10.1 Å². The van der Waals surface area contributed by atoms with Gasteiger partial charge in [0.25, 0.3) is 0 Å². The lowest BCUT2D eigenvalue weighted by molar-refractivity contribution is 0.390. The fourth-order valence-corrected chi connectivity index (χ4v) is 3.02. The average molecular weight is 259 g/mol. The highest BCUT2D eigenvalue weighted by atomic mass is 16.5. The molecular weight excluding hydrogens is 238 g/mol. The van der Waals surface area contributed by atoms with Crippen LogP contribution in [-0.2, 0) is 6.54 Å². The van der Waals surface area contributed by atoms with Gasteiger partial charge in [-0.1, -0.05) is 25.5 Å². The molecule has 2 atom stereocenters. The zero-order valence-electron chi connectivity index (χ0n) is 11.6. The fraction of sp³-hybridized carbons (Fsp3) is 0.500. The van der Waals surface area contributed by atoms with Crippen LogP contribution in [0.15, 0.2) is 28.7 Å². The molecule has 3 nitrogen and oxygen atoms in total. The molecule has 1 saturated carbocycles. The molecule has 1 aliphatic rings. The van der Waals surface area contributed by atoms with E-state index in [1.807, 2.05) is 12.1 Å². The second-order valence-corrected chi connectivity index (χ2v) is 5.49. The van der Waals surface area contributed by atoms with Gasteiger partial charge >= 0.3 is 0 Å². The highest BCUT2D eigenvalue weighted by molar-refractivity contribution is 5.83. The molecule has 0 radical (unpaired) electrons. The molecule has 1 aliphatic carbocycles. The zero-order valence-corrected chi connectivity index (χ0v) is 11.6. The number of rotatable bonds is 4. The summed E-state index contributed by atoms with van der Waals surface area (Å²) in [6.07, 6.45) is 3.96. The second kappa shape index (κ2) is 5.25. The Kier molecular flexibility index (Phi) is 3.47. The molecule has 1 aromatic carbocycles. The topological polar surface area (TPSA) is 34.4 Å². The van der Waals surface area contributed by atoms with Crippen molar-refractivity contribution in [3.8, 4) is 5.75 Å². The van der Waals surface area contributed by atoms with Crippen LogP contribution >= 0.6 is 0 Å². The van der Waals surface area contributed by atoms with Crippen molar-refractivity contribution in [2.24, 2.45) is 5.92 Å². The Bertz CT molecular complexity index is 561. The summed E-state index contributed by atoms with van der Waals surface area (Å²) in [6, 6.07) is 8.72. The van der Waals surface area contributed by atoms with Gasteiger partial charge in [-0.05, 0) is 30.9 Å². The van der Waals surface area contributed by atoms with Crippen molar-refractivity contribution >= 4 is 11.0 Å². The van der Waals surface area contributed by atoms with E-state index in [4.69, 9.17) is 9.15 Å². The molecule has 1 fully saturated rings. The third kappa shape index (κ3) is 2.47. The van der Waals surface area contributed by atoms with E-state index < -0.39 is 0 Å². The van der Waals surface area contributed by atoms with Crippen molar-refractivity contribution in [3.63, 3.8) is 0 Å². The number of hydrogen-bond acceptors (Lipinski definition) is 3. The summed E-state index contributed by atoms with van der Waals surface area (Å²) in [5.74, 6) is 2.57. The average Bonchev–Trinajstić information content (AvgIpc) is 3.01. The van der Waals surface area contributed by atoms with Crippen LogP contribution in [0, 0.1) is 5.92 Å². The lowest BCUT2D eigenvalue weighted by Gasteiger charge is -2.16. The van der Waals surface area contributed by atoms with Crippen molar-refractivity contribution in [1.82, 2.24) is 5.32 Å². The first kappa shape index (κ1) is 12.5. The Morgan fingerprint density at radius 1 is 1.37 bits per heavy atom. The SMILES string of the molecule is COc1cccc2cc(CNC3CCCC3C)oc12. The summed E-state index contributed by atoms with van der Waals surface area (Å²) in [6.45, 7) is 3.12. The molecule has 1 heterocycles.